The number of hydrogen-bond acceptors (Lipinski definition) is 4. The Morgan fingerprint density at radius 2 is 1.39 bits per heavy atom. The van der Waals surface area contributed by atoms with Gasteiger partial charge < -0.3 is 16.8 Å². The van der Waals surface area contributed by atoms with Gasteiger partial charge in [0.15, 0.2) is 0 Å². The van der Waals surface area contributed by atoms with Gasteiger partial charge in [-0.05, 0) is 48.5 Å². The highest BCUT2D eigenvalue weighted by Crippen LogP contribution is 2.19. The number of hydrogen-bond donors (Lipinski definition) is 3. The molecular weight excluding hydrogens is 242 g/mol. The highest BCUT2D eigenvalue weighted by molar-refractivity contribution is 7.99. The molecule has 94 valence electrons. The molecule has 5 N–H and O–H groups in total. The third-order valence-electron chi connectivity index (χ3n) is 2.49. The first-order valence-electron chi connectivity index (χ1n) is 5.82. The minimum Gasteiger partial charge on any atom is -0.399 e. The van der Waals surface area contributed by atoms with Crippen LogP contribution in [0, 0.1) is 0 Å². The summed E-state index contributed by atoms with van der Waals surface area (Å²) in [5.74, 6) is 1.01. The molecule has 2 aromatic carbocycles. The van der Waals surface area contributed by atoms with Crippen LogP contribution in [-0.2, 0) is 0 Å². The summed E-state index contributed by atoms with van der Waals surface area (Å²) in [5, 5.41) is 3.35. The number of thioether (sulfide) groups is 1. The minimum atomic E-state index is 0.789. The van der Waals surface area contributed by atoms with Crippen molar-refractivity contribution in [3.05, 3.63) is 48.5 Å². The van der Waals surface area contributed by atoms with Crippen molar-refractivity contribution in [2.75, 3.05) is 29.1 Å². The zero-order valence-electron chi connectivity index (χ0n) is 10.1. The molecule has 0 aromatic heterocycles. The van der Waals surface area contributed by atoms with Gasteiger partial charge in [-0.2, -0.15) is 0 Å². The van der Waals surface area contributed by atoms with Crippen molar-refractivity contribution >= 4 is 28.8 Å². The van der Waals surface area contributed by atoms with Crippen molar-refractivity contribution in [1.82, 2.24) is 0 Å². The second-order valence-electron chi connectivity index (χ2n) is 3.97. The lowest BCUT2D eigenvalue weighted by molar-refractivity contribution is 1.22. The Morgan fingerprint density at radius 1 is 0.833 bits per heavy atom. The monoisotopic (exact) mass is 259 g/mol. The van der Waals surface area contributed by atoms with Crippen LogP contribution in [0.3, 0.4) is 0 Å². The molecule has 2 aromatic rings. The molecule has 0 unspecified atom stereocenters. The third kappa shape index (κ3) is 3.89. The molecule has 0 aliphatic carbocycles. The van der Waals surface area contributed by atoms with Gasteiger partial charge in [-0.1, -0.05) is 0 Å². The molecule has 0 saturated heterocycles. The maximum atomic E-state index is 5.64. The molecule has 0 amide bonds. The smallest absolute Gasteiger partial charge is 0.0341 e. The van der Waals surface area contributed by atoms with Gasteiger partial charge in [0.05, 0.1) is 0 Å². The topological polar surface area (TPSA) is 64.1 Å². The molecule has 0 bridgehead atoms. The Hall–Kier alpha value is -1.81. The zero-order chi connectivity index (χ0) is 12.8. The van der Waals surface area contributed by atoms with E-state index in [0.717, 1.165) is 29.4 Å². The SMILES string of the molecule is Nc1ccc(NCCSc2ccc(N)cc2)cc1. The third-order valence-corrected chi connectivity index (χ3v) is 3.50. The van der Waals surface area contributed by atoms with Crippen LogP contribution in [0.1, 0.15) is 0 Å². The summed E-state index contributed by atoms with van der Waals surface area (Å²) in [6.07, 6.45) is 0. The maximum absolute atomic E-state index is 5.64. The van der Waals surface area contributed by atoms with E-state index in [1.165, 1.54) is 4.90 Å². The van der Waals surface area contributed by atoms with Crippen LogP contribution in [-0.4, -0.2) is 12.3 Å². The van der Waals surface area contributed by atoms with Gasteiger partial charge in [-0.3, -0.25) is 0 Å². The normalized spacial score (nSPS) is 10.2. The van der Waals surface area contributed by atoms with Crippen molar-refractivity contribution in [2.45, 2.75) is 4.90 Å². The molecule has 0 spiro atoms. The van der Waals surface area contributed by atoms with Crippen LogP contribution in [0.25, 0.3) is 0 Å². The van der Waals surface area contributed by atoms with Crippen LogP contribution in [0.15, 0.2) is 53.4 Å². The van der Waals surface area contributed by atoms with Crippen molar-refractivity contribution in [1.29, 1.82) is 0 Å². The van der Waals surface area contributed by atoms with Crippen LogP contribution < -0.4 is 16.8 Å². The van der Waals surface area contributed by atoms with Gasteiger partial charge >= 0.3 is 0 Å². The molecule has 0 saturated carbocycles. The first-order chi connectivity index (χ1) is 8.74. The number of nitrogens with two attached hydrogens (primary N) is 2. The molecule has 2 rings (SSSR count). The van der Waals surface area contributed by atoms with Crippen molar-refractivity contribution in [3.63, 3.8) is 0 Å². The summed E-state index contributed by atoms with van der Waals surface area (Å²) in [7, 11) is 0. The predicted molar refractivity (Wildman–Crippen MR) is 80.9 cm³/mol. The minimum absolute atomic E-state index is 0.789. The van der Waals surface area contributed by atoms with E-state index in [0.29, 0.717) is 0 Å². The van der Waals surface area contributed by atoms with E-state index in [-0.39, 0.29) is 0 Å². The van der Waals surface area contributed by atoms with Crippen LogP contribution in [0.2, 0.25) is 0 Å². The number of anilines is 3. The Kier molecular flexibility index (Phi) is 4.36. The summed E-state index contributed by atoms with van der Waals surface area (Å²) in [5.41, 5.74) is 14.0. The summed E-state index contributed by atoms with van der Waals surface area (Å²) in [6.45, 7) is 0.916. The standard InChI is InChI=1S/C14H17N3S/c15-11-1-5-13(6-2-11)17-9-10-18-14-7-3-12(16)4-8-14/h1-8,17H,9-10,15-16H2. The van der Waals surface area contributed by atoms with Gasteiger partial charge in [0.1, 0.15) is 0 Å². The maximum Gasteiger partial charge on any atom is 0.0341 e. The average molecular weight is 259 g/mol. The molecule has 0 radical (unpaired) electrons. The van der Waals surface area contributed by atoms with Crippen LogP contribution >= 0.6 is 11.8 Å². The zero-order valence-corrected chi connectivity index (χ0v) is 10.9. The fourth-order valence-electron chi connectivity index (χ4n) is 1.53. The van der Waals surface area contributed by atoms with Crippen molar-refractivity contribution in [2.24, 2.45) is 0 Å². The van der Waals surface area contributed by atoms with Crippen LogP contribution in [0.5, 0.6) is 0 Å². The van der Waals surface area contributed by atoms with E-state index in [9.17, 15) is 0 Å². The number of benzene rings is 2. The Balaban J connectivity index is 1.73. The van der Waals surface area contributed by atoms with Crippen LogP contribution in [0.4, 0.5) is 17.1 Å². The first-order valence-corrected chi connectivity index (χ1v) is 6.80. The number of nitrogens with one attached hydrogen (secondary N) is 1. The van der Waals surface area contributed by atoms with Crippen molar-refractivity contribution < 1.29 is 0 Å². The average Bonchev–Trinajstić information content (AvgIpc) is 2.39. The molecule has 4 heteroatoms. The van der Waals surface area contributed by atoms with E-state index in [1.54, 1.807) is 0 Å². The van der Waals surface area contributed by atoms with Gasteiger partial charge in [0.25, 0.3) is 0 Å². The Morgan fingerprint density at radius 3 is 2.00 bits per heavy atom. The molecule has 0 fully saturated rings. The lowest BCUT2D eigenvalue weighted by atomic mass is 10.3. The molecular formula is C14H17N3S. The highest BCUT2D eigenvalue weighted by atomic mass is 32.2. The largest absolute Gasteiger partial charge is 0.399 e. The van der Waals surface area contributed by atoms with Crippen molar-refractivity contribution in [3.8, 4) is 0 Å². The highest BCUT2D eigenvalue weighted by Gasteiger charge is 1.95. The Bertz CT molecular complexity index is 432. The van der Waals surface area contributed by atoms with E-state index in [1.807, 2.05) is 60.3 Å². The van der Waals surface area contributed by atoms with Gasteiger partial charge in [-0.25, -0.2) is 0 Å². The van der Waals surface area contributed by atoms with Gasteiger partial charge in [0, 0.05) is 34.3 Å². The van der Waals surface area contributed by atoms with E-state index in [4.69, 9.17) is 11.5 Å². The summed E-state index contributed by atoms with van der Waals surface area (Å²) in [4.78, 5) is 1.24. The molecule has 0 atom stereocenters. The molecule has 0 aliphatic rings. The quantitative estimate of drug-likeness (QED) is 0.439. The lowest BCUT2D eigenvalue weighted by Gasteiger charge is -2.06. The number of nitrogen functional groups attached to an aromatic ring is 2. The van der Waals surface area contributed by atoms with E-state index in [2.05, 4.69) is 5.32 Å². The second-order valence-corrected chi connectivity index (χ2v) is 5.13. The molecule has 18 heavy (non-hydrogen) atoms. The fraction of sp³-hybridized carbons (Fsp3) is 0.143. The summed E-state index contributed by atoms with van der Waals surface area (Å²) >= 11 is 1.81. The number of rotatable bonds is 5. The first kappa shape index (κ1) is 12.6. The van der Waals surface area contributed by atoms with Gasteiger partial charge in [-0.15, -0.1) is 11.8 Å². The Labute approximate surface area is 112 Å². The lowest BCUT2D eigenvalue weighted by Crippen LogP contribution is -2.03. The second kappa shape index (κ2) is 6.21. The molecule has 3 nitrogen and oxygen atoms in total. The molecule has 0 heterocycles. The van der Waals surface area contributed by atoms with E-state index < -0.39 is 0 Å². The summed E-state index contributed by atoms with van der Waals surface area (Å²) < 4.78 is 0. The fourth-order valence-corrected chi connectivity index (χ4v) is 2.30. The van der Waals surface area contributed by atoms with E-state index >= 15 is 0 Å². The van der Waals surface area contributed by atoms with Gasteiger partial charge in [0.2, 0.25) is 0 Å². The summed E-state index contributed by atoms with van der Waals surface area (Å²) in [6, 6.07) is 15.7. The predicted octanol–water partition coefficient (Wildman–Crippen LogP) is 3.06. The molecule has 0 aliphatic heterocycles.